The van der Waals surface area contributed by atoms with Gasteiger partial charge >= 0.3 is 5.97 Å². The Morgan fingerprint density at radius 3 is 2.84 bits per heavy atom. The summed E-state index contributed by atoms with van der Waals surface area (Å²) < 4.78 is 5.35. The molecule has 1 unspecified atom stereocenters. The fourth-order valence-corrected chi connectivity index (χ4v) is 3.84. The Bertz CT molecular complexity index is 481. The summed E-state index contributed by atoms with van der Waals surface area (Å²) in [6.45, 7) is 7.77. The van der Waals surface area contributed by atoms with Crippen LogP contribution in [0.5, 0.6) is 0 Å². The molecule has 1 saturated heterocycles. The average Bonchev–Trinajstić information content (AvgIpc) is 2.61. The molecule has 1 aliphatic heterocycles. The molecule has 4 nitrogen and oxygen atoms in total. The molecule has 2 aliphatic carbocycles. The molecule has 0 amide bonds. The molecular formula is C15H20O4. The van der Waals surface area contributed by atoms with Crippen molar-refractivity contribution in [2.45, 2.75) is 45.0 Å². The molecule has 1 heterocycles. The first-order valence-electron chi connectivity index (χ1n) is 6.82. The molecule has 3 aliphatic rings. The van der Waals surface area contributed by atoms with Gasteiger partial charge in [-0.2, -0.15) is 0 Å². The molecule has 0 aromatic rings. The molecule has 0 aromatic carbocycles. The van der Waals surface area contributed by atoms with Crippen LogP contribution < -0.4 is 0 Å². The number of ether oxygens (including phenoxy) is 1. The summed E-state index contributed by atoms with van der Waals surface area (Å²) in [6.07, 6.45) is 1.63. The monoisotopic (exact) mass is 264 g/mol. The maximum absolute atomic E-state index is 11.6. The predicted octanol–water partition coefficient (Wildman–Crippen LogP) is 1.18. The van der Waals surface area contributed by atoms with Crippen molar-refractivity contribution < 1.29 is 19.7 Å². The van der Waals surface area contributed by atoms with E-state index >= 15 is 0 Å². The third-order valence-electron chi connectivity index (χ3n) is 5.24. The minimum Gasteiger partial charge on any atom is -0.458 e. The van der Waals surface area contributed by atoms with Crippen LogP contribution >= 0.6 is 0 Å². The van der Waals surface area contributed by atoms with E-state index in [0.29, 0.717) is 18.4 Å². The first-order chi connectivity index (χ1) is 8.84. The van der Waals surface area contributed by atoms with E-state index in [1.54, 1.807) is 0 Å². The van der Waals surface area contributed by atoms with Crippen molar-refractivity contribution in [3.63, 3.8) is 0 Å². The second kappa shape index (κ2) is 3.93. The molecule has 4 heteroatoms. The minimum absolute atomic E-state index is 0.00199. The summed E-state index contributed by atoms with van der Waals surface area (Å²) in [7, 11) is 0. The van der Waals surface area contributed by atoms with Gasteiger partial charge in [-0.1, -0.05) is 32.1 Å². The normalized spacial score (nSPS) is 49.3. The van der Waals surface area contributed by atoms with Crippen LogP contribution in [-0.4, -0.2) is 34.5 Å². The van der Waals surface area contributed by atoms with Gasteiger partial charge in [-0.25, -0.2) is 4.79 Å². The van der Waals surface area contributed by atoms with E-state index in [-0.39, 0.29) is 23.9 Å². The molecular weight excluding hydrogens is 244 g/mol. The highest BCUT2D eigenvalue weighted by molar-refractivity contribution is 5.91. The largest absolute Gasteiger partial charge is 0.458 e. The Hall–Kier alpha value is -1.13. The number of aliphatic hydroxyl groups excluding tert-OH is 2. The molecule has 104 valence electrons. The summed E-state index contributed by atoms with van der Waals surface area (Å²) in [5.74, 6) is -0.440. The molecule has 0 radical (unpaired) electrons. The lowest BCUT2D eigenvalue weighted by atomic mass is 9.58. The van der Waals surface area contributed by atoms with Crippen LogP contribution in [0.4, 0.5) is 0 Å². The summed E-state index contributed by atoms with van der Waals surface area (Å²) in [4.78, 5) is 11.6. The maximum Gasteiger partial charge on any atom is 0.334 e. The Morgan fingerprint density at radius 1 is 1.47 bits per heavy atom. The predicted molar refractivity (Wildman–Crippen MR) is 69.1 cm³/mol. The van der Waals surface area contributed by atoms with Gasteiger partial charge in [0.25, 0.3) is 0 Å². The topological polar surface area (TPSA) is 66.8 Å². The van der Waals surface area contributed by atoms with Gasteiger partial charge in [-0.3, -0.25) is 0 Å². The summed E-state index contributed by atoms with van der Waals surface area (Å²) in [5.41, 5.74) is 1.12. The smallest absolute Gasteiger partial charge is 0.334 e. The molecule has 6 atom stereocenters. The highest BCUT2D eigenvalue weighted by atomic mass is 16.6. The fourth-order valence-electron chi connectivity index (χ4n) is 3.84. The van der Waals surface area contributed by atoms with Crippen molar-refractivity contribution in [2.24, 2.45) is 17.3 Å². The van der Waals surface area contributed by atoms with Crippen LogP contribution in [0.25, 0.3) is 0 Å². The van der Waals surface area contributed by atoms with Crippen LogP contribution in [-0.2, 0) is 9.53 Å². The van der Waals surface area contributed by atoms with Gasteiger partial charge in [0.1, 0.15) is 6.10 Å². The van der Waals surface area contributed by atoms with Crippen LogP contribution in [0.15, 0.2) is 23.8 Å². The average molecular weight is 264 g/mol. The van der Waals surface area contributed by atoms with Crippen LogP contribution in [0, 0.1) is 17.3 Å². The minimum atomic E-state index is -0.599. The van der Waals surface area contributed by atoms with E-state index in [2.05, 4.69) is 6.58 Å². The number of carbonyl (C=O) groups excluding carboxylic acids is 1. The second-order valence-electron chi connectivity index (χ2n) is 6.35. The van der Waals surface area contributed by atoms with Crippen molar-refractivity contribution in [1.29, 1.82) is 0 Å². The first-order valence-corrected chi connectivity index (χ1v) is 6.82. The molecule has 0 aromatic heterocycles. The van der Waals surface area contributed by atoms with Crippen molar-refractivity contribution >= 4 is 5.97 Å². The zero-order valence-corrected chi connectivity index (χ0v) is 11.3. The van der Waals surface area contributed by atoms with Gasteiger partial charge < -0.3 is 14.9 Å². The van der Waals surface area contributed by atoms with E-state index in [1.807, 2.05) is 19.9 Å². The summed E-state index contributed by atoms with van der Waals surface area (Å²) >= 11 is 0. The van der Waals surface area contributed by atoms with Crippen molar-refractivity contribution in [2.75, 3.05) is 0 Å². The SMILES string of the molecule is C=C1C(=O)O[C@@H]2C[C@]3(C)C(=C[C@H]12)C(C)[C@@H](O)C[C@H]3O. The molecule has 19 heavy (non-hydrogen) atoms. The first kappa shape index (κ1) is 12.9. The van der Waals surface area contributed by atoms with E-state index < -0.39 is 17.6 Å². The zero-order valence-electron chi connectivity index (χ0n) is 11.3. The van der Waals surface area contributed by atoms with Gasteiger partial charge in [0.05, 0.1) is 12.2 Å². The highest BCUT2D eigenvalue weighted by Gasteiger charge is 2.53. The van der Waals surface area contributed by atoms with E-state index in [9.17, 15) is 15.0 Å². The van der Waals surface area contributed by atoms with Gasteiger partial charge in [0, 0.05) is 29.2 Å². The Labute approximate surface area is 112 Å². The third kappa shape index (κ3) is 1.63. The molecule has 0 spiro atoms. The quantitative estimate of drug-likeness (QED) is 0.392. The Balaban J connectivity index is 2.05. The number of carbonyl (C=O) groups is 1. The lowest BCUT2D eigenvalue weighted by molar-refractivity contribution is -0.142. The number of hydrogen-bond acceptors (Lipinski definition) is 4. The van der Waals surface area contributed by atoms with E-state index in [0.717, 1.165) is 5.57 Å². The molecule has 3 rings (SSSR count). The molecule has 1 saturated carbocycles. The summed E-state index contributed by atoms with van der Waals surface area (Å²) in [5, 5.41) is 20.4. The molecule has 2 fully saturated rings. The van der Waals surface area contributed by atoms with Gasteiger partial charge in [0.2, 0.25) is 0 Å². The van der Waals surface area contributed by atoms with Crippen LogP contribution in [0.1, 0.15) is 26.7 Å². The van der Waals surface area contributed by atoms with Crippen molar-refractivity contribution in [3.8, 4) is 0 Å². The van der Waals surface area contributed by atoms with Crippen molar-refractivity contribution in [1.82, 2.24) is 0 Å². The number of aliphatic hydroxyl groups is 2. The van der Waals surface area contributed by atoms with E-state index in [1.165, 1.54) is 0 Å². The number of esters is 1. The second-order valence-corrected chi connectivity index (χ2v) is 6.35. The fraction of sp³-hybridized carbons (Fsp3) is 0.667. The molecule has 0 bridgehead atoms. The van der Waals surface area contributed by atoms with Gasteiger partial charge in [0.15, 0.2) is 0 Å². The van der Waals surface area contributed by atoms with Crippen LogP contribution in [0.2, 0.25) is 0 Å². The highest BCUT2D eigenvalue weighted by Crippen LogP contribution is 2.53. The Kier molecular flexibility index (Phi) is 2.67. The lowest BCUT2D eigenvalue weighted by Crippen LogP contribution is -2.50. The third-order valence-corrected chi connectivity index (χ3v) is 5.24. The molecule has 2 N–H and O–H groups in total. The Morgan fingerprint density at radius 2 is 2.16 bits per heavy atom. The zero-order chi connectivity index (χ0) is 13.9. The van der Waals surface area contributed by atoms with Crippen LogP contribution in [0.3, 0.4) is 0 Å². The summed E-state index contributed by atoms with van der Waals surface area (Å²) in [6, 6.07) is 0. The number of hydrogen-bond donors (Lipinski definition) is 2. The van der Waals surface area contributed by atoms with Gasteiger partial charge in [-0.15, -0.1) is 0 Å². The number of rotatable bonds is 0. The van der Waals surface area contributed by atoms with Crippen molar-refractivity contribution in [3.05, 3.63) is 23.8 Å². The lowest BCUT2D eigenvalue weighted by Gasteiger charge is -2.50. The maximum atomic E-state index is 11.6. The van der Waals surface area contributed by atoms with Gasteiger partial charge in [-0.05, 0) is 6.42 Å². The number of fused-ring (bicyclic) bond motifs is 2. The standard InChI is InChI=1S/C15H20O4/c1-7-9-4-10-8(2)11(16)5-13(17)15(10,3)6-12(9)19-14(7)18/h4,8-9,11-13,16-17H,1,5-6H2,2-3H3/t8?,9-,11+,12-,13-,15-/m1/s1. The van der Waals surface area contributed by atoms with E-state index in [4.69, 9.17) is 4.74 Å².